The second-order valence-electron chi connectivity index (χ2n) is 7.07. The molecule has 0 saturated carbocycles. The fourth-order valence-corrected chi connectivity index (χ4v) is 5.23. The van der Waals surface area contributed by atoms with Gasteiger partial charge in [0.1, 0.15) is 45.2 Å². The van der Waals surface area contributed by atoms with Crippen molar-refractivity contribution >= 4 is 32.2 Å². The molecule has 3 aliphatic rings. The number of carbonyl (C=O) groups excluding carboxylic acids is 2. The van der Waals surface area contributed by atoms with Crippen molar-refractivity contribution in [2.45, 2.75) is 29.3 Å². The zero-order chi connectivity index (χ0) is 23.9. The minimum atomic E-state index is -5.99. The highest BCUT2D eigenvalue weighted by Gasteiger charge is 2.72. The van der Waals surface area contributed by atoms with Crippen LogP contribution in [0, 0.1) is 35.1 Å². The van der Waals surface area contributed by atoms with Gasteiger partial charge in [0.2, 0.25) is 17.4 Å². The Morgan fingerprint density at radius 2 is 1.53 bits per heavy atom. The molecule has 17 heteroatoms. The van der Waals surface area contributed by atoms with E-state index >= 15 is 0 Å². The topological polar surface area (TPSA) is 162 Å². The first-order chi connectivity index (χ1) is 14.6. The summed E-state index contributed by atoms with van der Waals surface area (Å²) in [6.45, 7) is 0. The van der Waals surface area contributed by atoms with Crippen molar-refractivity contribution in [1.82, 2.24) is 0 Å². The van der Waals surface area contributed by atoms with Gasteiger partial charge in [-0.3, -0.25) is 13.8 Å². The first-order valence-corrected chi connectivity index (χ1v) is 11.6. The van der Waals surface area contributed by atoms with E-state index in [4.69, 9.17) is 13.7 Å². The molecule has 4 rings (SSSR count). The van der Waals surface area contributed by atoms with Gasteiger partial charge in [-0.15, -0.1) is 0 Å². The van der Waals surface area contributed by atoms with Gasteiger partial charge >= 0.3 is 11.9 Å². The summed E-state index contributed by atoms with van der Waals surface area (Å²) < 4.78 is 131. The number of fused-ring (bicyclic) bond motifs is 1. The smallest absolute Gasteiger partial charge is 0.318 e. The van der Waals surface area contributed by atoms with Crippen molar-refractivity contribution in [3.63, 3.8) is 0 Å². The van der Waals surface area contributed by atoms with Gasteiger partial charge in [-0.1, -0.05) is 0 Å². The molecular formula is C15H9F4O11S2-. The zero-order valence-electron chi connectivity index (χ0n) is 15.3. The van der Waals surface area contributed by atoms with E-state index in [9.17, 15) is 48.5 Å². The van der Waals surface area contributed by atoms with Crippen LogP contribution in [0.4, 0.5) is 17.6 Å². The van der Waals surface area contributed by atoms with E-state index in [1.165, 1.54) is 0 Å². The molecule has 11 nitrogen and oxygen atoms in total. The summed E-state index contributed by atoms with van der Waals surface area (Å²) in [6, 6.07) is 0. The second kappa shape index (κ2) is 7.08. The second-order valence-corrected chi connectivity index (χ2v) is 9.99. The Bertz CT molecular complexity index is 1230. The van der Waals surface area contributed by atoms with Gasteiger partial charge in [0.25, 0.3) is 10.1 Å². The van der Waals surface area contributed by atoms with Gasteiger partial charge in [-0.25, -0.2) is 17.2 Å². The van der Waals surface area contributed by atoms with Crippen molar-refractivity contribution in [2.75, 3.05) is 6.26 Å². The van der Waals surface area contributed by atoms with Crippen LogP contribution >= 0.6 is 0 Å². The lowest BCUT2D eigenvalue weighted by molar-refractivity contribution is -0.150. The van der Waals surface area contributed by atoms with Crippen LogP contribution in [0.3, 0.4) is 0 Å². The highest BCUT2D eigenvalue weighted by molar-refractivity contribution is 7.86. The molecule has 1 aromatic carbocycles. The van der Waals surface area contributed by atoms with Crippen LogP contribution in [0.5, 0.6) is 5.75 Å². The predicted octanol–water partition coefficient (Wildman–Crippen LogP) is -0.664. The standard InChI is InChI=1S/C15H10F4O11S2/c1-31(22,23)30-12-9-3(2-8(27-9)11(12)29-15(2)21)14(20)28-10-4(16)6(18)13(32(24,25)26)7(19)5(10)17/h2-3,8-9,11-12H,1H3,(H,24,25,26)/p-1. The summed E-state index contributed by atoms with van der Waals surface area (Å²) in [6.07, 6.45) is -4.76. The number of hydrogen-bond donors (Lipinski definition) is 0. The highest BCUT2D eigenvalue weighted by Crippen LogP contribution is 2.52. The molecule has 3 fully saturated rings. The van der Waals surface area contributed by atoms with E-state index in [-0.39, 0.29) is 0 Å². The molecule has 0 N–H and O–H groups in total. The van der Waals surface area contributed by atoms with Gasteiger partial charge in [-0.2, -0.15) is 17.2 Å². The molecule has 0 aliphatic carbocycles. The van der Waals surface area contributed by atoms with E-state index in [2.05, 4.69) is 4.74 Å². The SMILES string of the molecule is CS(=O)(=O)OC1C2OC(=O)C3C2OC1C3C(=O)Oc1c(F)c(F)c(S(=O)(=O)[O-])c(F)c1F. The number of ether oxygens (including phenoxy) is 3. The average molecular weight is 505 g/mol. The van der Waals surface area contributed by atoms with E-state index in [1.807, 2.05) is 0 Å². The summed E-state index contributed by atoms with van der Waals surface area (Å²) in [4.78, 5) is 22.2. The summed E-state index contributed by atoms with van der Waals surface area (Å²) in [7, 11) is -10.1. The normalized spacial score (nSPS) is 31.1. The number of hydrogen-bond acceptors (Lipinski definition) is 11. The van der Waals surface area contributed by atoms with E-state index in [0.717, 1.165) is 0 Å². The molecule has 6 unspecified atom stereocenters. The lowest BCUT2D eigenvalue weighted by atomic mass is 9.78. The predicted molar refractivity (Wildman–Crippen MR) is 85.1 cm³/mol. The molecule has 0 amide bonds. The number of halogens is 4. The zero-order valence-corrected chi connectivity index (χ0v) is 16.9. The summed E-state index contributed by atoms with van der Waals surface area (Å²) in [5.74, 6) is -18.2. The van der Waals surface area contributed by atoms with Crippen molar-refractivity contribution in [2.24, 2.45) is 11.8 Å². The fourth-order valence-electron chi connectivity index (χ4n) is 3.99. The van der Waals surface area contributed by atoms with E-state index in [1.54, 1.807) is 0 Å². The van der Waals surface area contributed by atoms with E-state index < -0.39 is 102 Å². The van der Waals surface area contributed by atoms with Crippen molar-refractivity contribution < 1.29 is 66.9 Å². The maximum Gasteiger partial charge on any atom is 0.318 e. The van der Waals surface area contributed by atoms with Crippen molar-refractivity contribution in [3.05, 3.63) is 23.3 Å². The van der Waals surface area contributed by atoms with Gasteiger partial charge in [-0.05, 0) is 0 Å². The Balaban J connectivity index is 1.70. The first-order valence-electron chi connectivity index (χ1n) is 8.41. The molecule has 3 heterocycles. The van der Waals surface area contributed by atoms with Crippen molar-refractivity contribution in [3.8, 4) is 5.75 Å². The molecule has 1 aromatic rings. The number of carbonyl (C=O) groups is 2. The number of esters is 2. The van der Waals surface area contributed by atoms with Crippen LogP contribution in [0.1, 0.15) is 0 Å². The molecule has 32 heavy (non-hydrogen) atoms. The summed E-state index contributed by atoms with van der Waals surface area (Å²) in [5, 5.41) is 0. The minimum Gasteiger partial charge on any atom is -0.744 e. The maximum absolute atomic E-state index is 14.1. The summed E-state index contributed by atoms with van der Waals surface area (Å²) >= 11 is 0. The Morgan fingerprint density at radius 1 is 0.969 bits per heavy atom. The molecule has 0 aromatic heterocycles. The molecule has 0 radical (unpaired) electrons. The third-order valence-corrected chi connectivity index (χ3v) is 6.53. The molecule has 0 spiro atoms. The molecule has 3 aliphatic heterocycles. The maximum atomic E-state index is 14.1. The third-order valence-electron chi connectivity index (χ3n) is 5.10. The summed E-state index contributed by atoms with van der Waals surface area (Å²) in [5.41, 5.74) is 0. The first kappa shape index (κ1) is 22.8. The van der Waals surface area contributed by atoms with Crippen LogP contribution in [0.15, 0.2) is 4.90 Å². The van der Waals surface area contributed by atoms with Crippen LogP contribution in [-0.2, 0) is 43.5 Å². The van der Waals surface area contributed by atoms with Gasteiger partial charge in [0, 0.05) is 0 Å². The quantitative estimate of drug-likeness (QED) is 0.125. The Morgan fingerprint density at radius 3 is 2.03 bits per heavy atom. The lowest BCUT2D eigenvalue weighted by Crippen LogP contribution is -2.48. The molecular weight excluding hydrogens is 496 g/mol. The number of rotatable bonds is 5. The minimum absolute atomic E-state index is 0.655. The van der Waals surface area contributed by atoms with E-state index in [0.29, 0.717) is 6.26 Å². The van der Waals surface area contributed by atoms with Crippen LogP contribution in [0.25, 0.3) is 0 Å². The lowest BCUT2D eigenvalue weighted by Gasteiger charge is -2.26. The van der Waals surface area contributed by atoms with Gasteiger partial charge in [0.05, 0.1) is 6.26 Å². The molecule has 176 valence electrons. The number of benzene rings is 1. The van der Waals surface area contributed by atoms with Gasteiger partial charge < -0.3 is 18.8 Å². The molecule has 3 saturated heterocycles. The molecule has 6 atom stereocenters. The highest BCUT2D eigenvalue weighted by atomic mass is 32.2. The molecule has 2 bridgehead atoms. The van der Waals surface area contributed by atoms with Crippen LogP contribution < -0.4 is 4.74 Å². The van der Waals surface area contributed by atoms with Crippen LogP contribution in [0.2, 0.25) is 0 Å². The van der Waals surface area contributed by atoms with Crippen LogP contribution in [-0.4, -0.2) is 64.0 Å². The largest absolute Gasteiger partial charge is 0.744 e. The Labute approximate surface area is 176 Å². The average Bonchev–Trinajstić information content (AvgIpc) is 3.25. The third kappa shape index (κ3) is 3.35. The monoisotopic (exact) mass is 505 g/mol. The Kier molecular flexibility index (Phi) is 5.05. The van der Waals surface area contributed by atoms with Crippen molar-refractivity contribution in [1.29, 1.82) is 0 Å². The van der Waals surface area contributed by atoms with Gasteiger partial charge in [0.15, 0.2) is 17.7 Å². The Hall–Kier alpha value is -2.34. The fraction of sp³-hybridized carbons (Fsp3) is 0.467.